The molecule has 2 aromatic rings. The minimum absolute atomic E-state index is 0.0479. The van der Waals surface area contributed by atoms with Crippen molar-refractivity contribution >= 4 is 0 Å². The second kappa shape index (κ2) is 6.06. The summed E-state index contributed by atoms with van der Waals surface area (Å²) < 4.78 is 5.17. The average Bonchev–Trinajstić information content (AvgIpc) is 2.54. The van der Waals surface area contributed by atoms with Crippen LogP contribution in [-0.2, 0) is 5.60 Å². The normalized spacial score (nSPS) is 15.4. The predicted molar refractivity (Wildman–Crippen MR) is 79.8 cm³/mol. The quantitative estimate of drug-likeness (QED) is 0.905. The largest absolute Gasteiger partial charge is 0.497 e. The Hall–Kier alpha value is -1.87. The van der Waals surface area contributed by atoms with Gasteiger partial charge in [-0.3, -0.25) is 4.98 Å². The molecule has 0 aliphatic carbocycles. The van der Waals surface area contributed by atoms with E-state index in [1.54, 1.807) is 13.3 Å². The van der Waals surface area contributed by atoms with Gasteiger partial charge in [-0.05, 0) is 36.2 Å². The summed E-state index contributed by atoms with van der Waals surface area (Å²) in [5.74, 6) is 0.770. The van der Waals surface area contributed by atoms with Crippen molar-refractivity contribution < 1.29 is 9.84 Å². The standard InChI is InChI=1S/C17H21NO2/c1-4-17(19,16-7-5-6-12-18-16)13(2)14-8-10-15(20-3)11-9-14/h5-13,19H,4H2,1-3H3/t13-,17+/m0/s1. The second-order valence-corrected chi connectivity index (χ2v) is 4.99. The van der Waals surface area contributed by atoms with E-state index in [4.69, 9.17) is 4.74 Å². The third-order valence-electron chi connectivity index (χ3n) is 3.98. The van der Waals surface area contributed by atoms with Crippen LogP contribution in [0, 0.1) is 0 Å². The smallest absolute Gasteiger partial charge is 0.118 e. The van der Waals surface area contributed by atoms with Crippen molar-refractivity contribution in [2.75, 3.05) is 7.11 Å². The van der Waals surface area contributed by atoms with Crippen LogP contribution in [0.1, 0.15) is 37.4 Å². The molecule has 1 aromatic heterocycles. The SMILES string of the molecule is CC[C@](O)(c1ccccn1)[C@@H](C)c1ccc(OC)cc1. The Morgan fingerprint density at radius 3 is 2.40 bits per heavy atom. The Morgan fingerprint density at radius 1 is 1.20 bits per heavy atom. The predicted octanol–water partition coefficient (Wildman–Crippen LogP) is 3.49. The number of hydrogen-bond donors (Lipinski definition) is 1. The van der Waals surface area contributed by atoms with Gasteiger partial charge < -0.3 is 9.84 Å². The molecule has 0 radical (unpaired) electrons. The molecule has 0 bridgehead atoms. The zero-order valence-electron chi connectivity index (χ0n) is 12.2. The van der Waals surface area contributed by atoms with Gasteiger partial charge in [0.15, 0.2) is 0 Å². The van der Waals surface area contributed by atoms with Crippen molar-refractivity contribution in [1.82, 2.24) is 4.98 Å². The summed E-state index contributed by atoms with van der Waals surface area (Å²) >= 11 is 0. The molecule has 20 heavy (non-hydrogen) atoms. The molecule has 0 aliphatic heterocycles. The van der Waals surface area contributed by atoms with Gasteiger partial charge in [0, 0.05) is 12.1 Å². The van der Waals surface area contributed by atoms with E-state index in [1.165, 1.54) is 0 Å². The van der Waals surface area contributed by atoms with E-state index >= 15 is 0 Å². The fourth-order valence-corrected chi connectivity index (χ4v) is 2.50. The summed E-state index contributed by atoms with van der Waals surface area (Å²) in [5, 5.41) is 11.0. The van der Waals surface area contributed by atoms with Crippen molar-refractivity contribution in [2.45, 2.75) is 31.8 Å². The molecule has 2 atom stereocenters. The summed E-state index contributed by atoms with van der Waals surface area (Å²) in [6, 6.07) is 13.5. The molecule has 0 spiro atoms. The molecule has 0 amide bonds. The van der Waals surface area contributed by atoms with Crippen LogP contribution in [0.5, 0.6) is 5.75 Å². The molecule has 1 heterocycles. The molecule has 3 nitrogen and oxygen atoms in total. The molecule has 1 aromatic carbocycles. The number of pyridine rings is 1. The first-order valence-corrected chi connectivity index (χ1v) is 6.89. The fourth-order valence-electron chi connectivity index (χ4n) is 2.50. The molecular weight excluding hydrogens is 250 g/mol. The lowest BCUT2D eigenvalue weighted by Gasteiger charge is -2.33. The molecular formula is C17H21NO2. The molecule has 1 N–H and O–H groups in total. The lowest BCUT2D eigenvalue weighted by Crippen LogP contribution is -2.32. The number of hydrogen-bond acceptors (Lipinski definition) is 3. The molecule has 0 saturated heterocycles. The maximum atomic E-state index is 11.0. The molecule has 106 valence electrons. The van der Waals surface area contributed by atoms with Crippen molar-refractivity contribution in [1.29, 1.82) is 0 Å². The Morgan fingerprint density at radius 2 is 1.90 bits per heavy atom. The van der Waals surface area contributed by atoms with Gasteiger partial charge in [-0.15, -0.1) is 0 Å². The van der Waals surface area contributed by atoms with E-state index in [9.17, 15) is 5.11 Å². The summed E-state index contributed by atoms with van der Waals surface area (Å²) in [6.45, 7) is 4.01. The van der Waals surface area contributed by atoms with Gasteiger partial charge in [0.05, 0.1) is 12.8 Å². The topological polar surface area (TPSA) is 42.4 Å². The minimum Gasteiger partial charge on any atom is -0.497 e. The second-order valence-electron chi connectivity index (χ2n) is 4.99. The summed E-state index contributed by atoms with van der Waals surface area (Å²) in [6.07, 6.45) is 2.33. The van der Waals surface area contributed by atoms with Crippen LogP contribution in [0.2, 0.25) is 0 Å². The third kappa shape index (κ3) is 2.68. The van der Waals surface area contributed by atoms with Gasteiger partial charge >= 0.3 is 0 Å². The molecule has 0 fully saturated rings. The van der Waals surface area contributed by atoms with Gasteiger partial charge in [0.25, 0.3) is 0 Å². The molecule has 3 heteroatoms. The van der Waals surface area contributed by atoms with Crippen LogP contribution in [-0.4, -0.2) is 17.2 Å². The maximum Gasteiger partial charge on any atom is 0.118 e. The first kappa shape index (κ1) is 14.5. The first-order valence-electron chi connectivity index (χ1n) is 6.89. The number of rotatable bonds is 5. The van der Waals surface area contributed by atoms with Crippen molar-refractivity contribution in [3.05, 3.63) is 59.9 Å². The number of nitrogens with zero attached hydrogens (tertiary/aromatic N) is 1. The highest BCUT2D eigenvalue weighted by molar-refractivity contribution is 5.32. The van der Waals surface area contributed by atoms with E-state index in [-0.39, 0.29) is 5.92 Å². The zero-order chi connectivity index (χ0) is 14.6. The zero-order valence-corrected chi connectivity index (χ0v) is 12.2. The number of aromatic nitrogens is 1. The first-order chi connectivity index (χ1) is 9.61. The number of benzene rings is 1. The molecule has 0 saturated carbocycles. The van der Waals surface area contributed by atoms with E-state index in [0.29, 0.717) is 12.1 Å². The van der Waals surface area contributed by atoms with E-state index in [2.05, 4.69) is 4.98 Å². The van der Waals surface area contributed by atoms with Crippen molar-refractivity contribution in [2.24, 2.45) is 0 Å². The van der Waals surface area contributed by atoms with Crippen LogP contribution in [0.3, 0.4) is 0 Å². The Labute approximate surface area is 120 Å². The van der Waals surface area contributed by atoms with Gasteiger partial charge in [-0.2, -0.15) is 0 Å². The van der Waals surface area contributed by atoms with Crippen LogP contribution in [0.25, 0.3) is 0 Å². The van der Waals surface area contributed by atoms with Crippen molar-refractivity contribution in [3.8, 4) is 5.75 Å². The highest BCUT2D eigenvalue weighted by Crippen LogP contribution is 2.38. The van der Waals surface area contributed by atoms with Crippen molar-refractivity contribution in [3.63, 3.8) is 0 Å². The van der Waals surface area contributed by atoms with Crippen LogP contribution >= 0.6 is 0 Å². The van der Waals surface area contributed by atoms with Crippen LogP contribution < -0.4 is 4.74 Å². The van der Waals surface area contributed by atoms with E-state index < -0.39 is 5.60 Å². The summed E-state index contributed by atoms with van der Waals surface area (Å²) in [5.41, 5.74) is 0.821. The molecule has 2 rings (SSSR count). The maximum absolute atomic E-state index is 11.0. The van der Waals surface area contributed by atoms with Gasteiger partial charge in [-0.25, -0.2) is 0 Å². The lowest BCUT2D eigenvalue weighted by molar-refractivity contribution is 0.00427. The van der Waals surface area contributed by atoms with Crippen LogP contribution in [0.4, 0.5) is 0 Å². The fraction of sp³-hybridized carbons (Fsp3) is 0.353. The van der Waals surface area contributed by atoms with E-state index in [0.717, 1.165) is 11.3 Å². The third-order valence-corrected chi connectivity index (χ3v) is 3.98. The highest BCUT2D eigenvalue weighted by atomic mass is 16.5. The van der Waals surface area contributed by atoms with E-state index in [1.807, 2.05) is 56.3 Å². The Kier molecular flexibility index (Phi) is 4.40. The minimum atomic E-state index is -0.962. The van der Waals surface area contributed by atoms with Crippen LogP contribution in [0.15, 0.2) is 48.7 Å². The Bertz CT molecular complexity index is 539. The average molecular weight is 271 g/mol. The number of methoxy groups -OCH3 is 1. The van der Waals surface area contributed by atoms with Gasteiger partial charge in [0.2, 0.25) is 0 Å². The Balaban J connectivity index is 2.35. The summed E-state index contributed by atoms with van der Waals surface area (Å²) in [4.78, 5) is 4.33. The molecule has 0 aliphatic rings. The highest BCUT2D eigenvalue weighted by Gasteiger charge is 2.36. The van der Waals surface area contributed by atoms with Gasteiger partial charge in [-0.1, -0.05) is 32.0 Å². The number of ether oxygens (including phenoxy) is 1. The lowest BCUT2D eigenvalue weighted by atomic mass is 9.79. The van der Waals surface area contributed by atoms with Gasteiger partial charge in [0.1, 0.15) is 11.4 Å². The monoisotopic (exact) mass is 271 g/mol. The summed E-state index contributed by atoms with van der Waals surface area (Å²) in [7, 11) is 1.65. The molecule has 0 unspecified atom stereocenters. The number of aliphatic hydroxyl groups is 1.